The van der Waals surface area contributed by atoms with Crippen molar-refractivity contribution in [3.8, 4) is 0 Å². The molecule has 0 amide bonds. The molecule has 1 rings (SSSR count). The first-order chi connectivity index (χ1) is 4.30. The third-order valence-corrected chi connectivity index (χ3v) is 1.57. The summed E-state index contributed by atoms with van der Waals surface area (Å²) in [4.78, 5) is 10.3. The third-order valence-electron chi connectivity index (χ3n) is 1.57. The normalized spacial score (nSPS) is 17.0. The number of carboxylic acid groups (broad SMARTS) is 1. The summed E-state index contributed by atoms with van der Waals surface area (Å²) in [5.74, 6) is -0.741. The molecule has 0 saturated heterocycles. The van der Waals surface area contributed by atoms with E-state index in [0.717, 1.165) is 25.7 Å². The fourth-order valence-electron chi connectivity index (χ4n) is 1.03. The zero-order valence-electron chi connectivity index (χ0n) is 5.84. The Morgan fingerprint density at radius 1 is 1.50 bits per heavy atom. The Kier molecular flexibility index (Phi) is 4.87. The fourth-order valence-corrected chi connectivity index (χ4v) is 1.03. The molecular formula is C7H10InO2. The molecule has 1 aliphatic carbocycles. The summed E-state index contributed by atoms with van der Waals surface area (Å²) in [6, 6.07) is 0. The first-order valence-corrected chi connectivity index (χ1v) is 3.23. The molecule has 1 N–H and O–H groups in total. The van der Waals surface area contributed by atoms with Gasteiger partial charge >= 0.3 is 5.97 Å². The van der Waals surface area contributed by atoms with Crippen LogP contribution in [0, 0.1) is 0 Å². The van der Waals surface area contributed by atoms with Crippen molar-refractivity contribution in [2.75, 3.05) is 0 Å². The van der Waals surface area contributed by atoms with Crippen LogP contribution < -0.4 is 0 Å². The average Bonchev–Trinajstić information content (AvgIpc) is 1.90. The van der Waals surface area contributed by atoms with Gasteiger partial charge in [-0.15, -0.1) is 0 Å². The van der Waals surface area contributed by atoms with E-state index < -0.39 is 5.97 Å². The molecule has 0 aromatic heterocycles. The van der Waals surface area contributed by atoms with Crippen molar-refractivity contribution in [1.82, 2.24) is 0 Å². The fraction of sp³-hybridized carbons (Fsp3) is 0.571. The summed E-state index contributed by atoms with van der Waals surface area (Å²) in [6.07, 6.45) is 5.72. The van der Waals surface area contributed by atoms with Crippen LogP contribution in [0.3, 0.4) is 0 Å². The molecule has 0 atom stereocenters. The van der Waals surface area contributed by atoms with Gasteiger partial charge in [0, 0.05) is 31.4 Å². The Hall–Kier alpha value is 0.0801. The van der Waals surface area contributed by atoms with E-state index in [1.165, 1.54) is 0 Å². The van der Waals surface area contributed by atoms with Crippen molar-refractivity contribution in [3.05, 3.63) is 11.6 Å². The molecule has 0 saturated carbocycles. The Bertz CT molecular complexity index is 152. The van der Waals surface area contributed by atoms with E-state index in [0.29, 0.717) is 5.57 Å². The number of aliphatic carboxylic acids is 1. The minimum atomic E-state index is -0.741. The van der Waals surface area contributed by atoms with E-state index in [2.05, 4.69) is 0 Å². The maximum atomic E-state index is 10.3. The monoisotopic (exact) mass is 241 g/mol. The number of carboxylic acids is 1. The summed E-state index contributed by atoms with van der Waals surface area (Å²) in [7, 11) is 0. The first-order valence-electron chi connectivity index (χ1n) is 3.23. The van der Waals surface area contributed by atoms with Gasteiger partial charge in [0.05, 0.1) is 0 Å². The molecule has 0 aromatic carbocycles. The predicted molar refractivity (Wildman–Crippen MR) is 39.9 cm³/mol. The van der Waals surface area contributed by atoms with Gasteiger partial charge < -0.3 is 5.11 Å². The van der Waals surface area contributed by atoms with E-state index in [4.69, 9.17) is 5.11 Å². The zero-order chi connectivity index (χ0) is 6.69. The van der Waals surface area contributed by atoms with Gasteiger partial charge in [0.15, 0.2) is 0 Å². The number of allylic oxidation sites excluding steroid dienone is 1. The molecule has 0 aliphatic heterocycles. The maximum absolute atomic E-state index is 10.3. The van der Waals surface area contributed by atoms with Crippen molar-refractivity contribution in [2.45, 2.75) is 25.7 Å². The molecule has 0 unspecified atom stereocenters. The van der Waals surface area contributed by atoms with Gasteiger partial charge in [0.2, 0.25) is 0 Å². The molecule has 0 aromatic rings. The molecule has 1 aliphatic rings. The second kappa shape index (κ2) is 4.83. The van der Waals surface area contributed by atoms with Crippen LogP contribution in [0.15, 0.2) is 11.6 Å². The SMILES string of the molecule is O=C(O)C1=CCCCC1.[In]. The number of carbonyl (C=O) groups is 1. The van der Waals surface area contributed by atoms with Crippen LogP contribution in [0.4, 0.5) is 0 Å². The molecule has 3 heteroatoms. The molecule has 0 heterocycles. The predicted octanol–water partition coefficient (Wildman–Crippen LogP) is 1.19. The van der Waals surface area contributed by atoms with E-state index in [9.17, 15) is 4.79 Å². The quantitative estimate of drug-likeness (QED) is 0.748. The Morgan fingerprint density at radius 2 is 2.20 bits per heavy atom. The molecule has 10 heavy (non-hydrogen) atoms. The average molecular weight is 241 g/mol. The van der Waals surface area contributed by atoms with Crippen LogP contribution in [0.25, 0.3) is 0 Å². The van der Waals surface area contributed by atoms with E-state index in [1.54, 1.807) is 0 Å². The number of hydrogen-bond donors (Lipinski definition) is 1. The van der Waals surface area contributed by atoms with E-state index >= 15 is 0 Å². The summed E-state index contributed by atoms with van der Waals surface area (Å²) in [6.45, 7) is 0. The van der Waals surface area contributed by atoms with Crippen LogP contribution in [0.1, 0.15) is 25.7 Å². The largest absolute Gasteiger partial charge is 0.478 e. The van der Waals surface area contributed by atoms with Crippen molar-refractivity contribution in [1.29, 1.82) is 0 Å². The van der Waals surface area contributed by atoms with Gasteiger partial charge in [0.1, 0.15) is 0 Å². The first kappa shape index (κ1) is 10.1. The van der Waals surface area contributed by atoms with Crippen LogP contribution in [0.2, 0.25) is 0 Å². The summed E-state index contributed by atoms with van der Waals surface area (Å²) in [5.41, 5.74) is 0.598. The molecule has 3 radical (unpaired) electrons. The Morgan fingerprint density at radius 3 is 2.50 bits per heavy atom. The number of hydrogen-bond acceptors (Lipinski definition) is 1. The van der Waals surface area contributed by atoms with Gasteiger partial charge in [0.25, 0.3) is 0 Å². The van der Waals surface area contributed by atoms with Gasteiger partial charge in [-0.3, -0.25) is 0 Å². The van der Waals surface area contributed by atoms with Gasteiger partial charge in [-0.1, -0.05) is 6.08 Å². The van der Waals surface area contributed by atoms with Gasteiger partial charge in [-0.25, -0.2) is 4.79 Å². The molecule has 0 spiro atoms. The molecule has 53 valence electrons. The second-order valence-corrected chi connectivity index (χ2v) is 2.28. The van der Waals surface area contributed by atoms with Crippen LogP contribution in [-0.4, -0.2) is 36.9 Å². The summed E-state index contributed by atoms with van der Waals surface area (Å²) in [5, 5.41) is 8.47. The number of rotatable bonds is 1. The molecule has 2 nitrogen and oxygen atoms in total. The van der Waals surface area contributed by atoms with Crippen LogP contribution >= 0.6 is 0 Å². The van der Waals surface area contributed by atoms with Crippen molar-refractivity contribution >= 4 is 31.8 Å². The zero-order valence-corrected chi connectivity index (χ0v) is 9.13. The molecule has 0 bridgehead atoms. The standard InChI is InChI=1S/C7H10O2.In/c8-7(9)6-4-2-1-3-5-6;/h4H,1-3,5H2,(H,8,9);. The van der Waals surface area contributed by atoms with E-state index in [-0.39, 0.29) is 25.8 Å². The van der Waals surface area contributed by atoms with Crippen LogP contribution in [0.5, 0.6) is 0 Å². The Labute approximate surface area is 79.1 Å². The van der Waals surface area contributed by atoms with Gasteiger partial charge in [-0.05, 0) is 25.7 Å². The topological polar surface area (TPSA) is 37.3 Å². The Balaban J connectivity index is 0.000000810. The van der Waals surface area contributed by atoms with Crippen molar-refractivity contribution in [2.24, 2.45) is 0 Å². The molecule has 0 fully saturated rings. The van der Waals surface area contributed by atoms with E-state index in [1.807, 2.05) is 6.08 Å². The minimum absolute atomic E-state index is 0. The summed E-state index contributed by atoms with van der Waals surface area (Å²) >= 11 is 0. The van der Waals surface area contributed by atoms with Crippen LogP contribution in [-0.2, 0) is 4.79 Å². The second-order valence-electron chi connectivity index (χ2n) is 2.28. The summed E-state index contributed by atoms with van der Waals surface area (Å²) < 4.78 is 0. The van der Waals surface area contributed by atoms with Crippen molar-refractivity contribution < 1.29 is 9.90 Å². The maximum Gasteiger partial charge on any atom is 0.331 e. The minimum Gasteiger partial charge on any atom is -0.478 e. The molecular weight excluding hydrogens is 231 g/mol. The smallest absolute Gasteiger partial charge is 0.331 e. The third kappa shape index (κ3) is 2.78. The van der Waals surface area contributed by atoms with Gasteiger partial charge in [-0.2, -0.15) is 0 Å². The van der Waals surface area contributed by atoms with Crippen molar-refractivity contribution in [3.63, 3.8) is 0 Å².